The molecule has 1 aliphatic rings. The van der Waals surface area contributed by atoms with Crippen LogP contribution in [0.2, 0.25) is 5.02 Å². The van der Waals surface area contributed by atoms with Crippen LogP contribution in [0.3, 0.4) is 0 Å². The summed E-state index contributed by atoms with van der Waals surface area (Å²) in [7, 11) is -4.28. The number of hydrogen-bond donors (Lipinski definition) is 3. The van der Waals surface area contributed by atoms with Gasteiger partial charge in [0.1, 0.15) is 13.1 Å². The highest BCUT2D eigenvalue weighted by Crippen LogP contribution is 2.27. The van der Waals surface area contributed by atoms with E-state index >= 15 is 0 Å². The van der Waals surface area contributed by atoms with Gasteiger partial charge < -0.3 is 15.7 Å². The molecule has 0 aromatic heterocycles. The predicted octanol–water partition coefficient (Wildman–Crippen LogP) is 5.15. The molecule has 0 saturated heterocycles. The Labute approximate surface area is 256 Å². The van der Waals surface area contributed by atoms with E-state index in [1.54, 1.807) is 18.2 Å². The lowest BCUT2D eigenvalue weighted by atomic mass is 9.95. The molecule has 10 nitrogen and oxygen atoms in total. The second-order valence-corrected chi connectivity index (χ2v) is 12.7. The summed E-state index contributed by atoms with van der Waals surface area (Å²) in [5, 5.41) is 15.5. The summed E-state index contributed by atoms with van der Waals surface area (Å²) in [6.07, 6.45) is 4.03. The van der Waals surface area contributed by atoms with E-state index < -0.39 is 41.0 Å². The van der Waals surface area contributed by atoms with Crippen molar-refractivity contribution >= 4 is 50.9 Å². The number of rotatable bonds is 12. The van der Waals surface area contributed by atoms with Crippen molar-refractivity contribution in [2.75, 3.05) is 29.3 Å². The standard InChI is InChI=1S/C31H35ClN4O6S/c32-24-11-7-15-27(19-24)36(22-30(38)33-25-12-5-2-6-13-25)43(41,42)28-16-8-14-26(20-28)34-29(37)21-35(31(39)40)18-17-23-9-3-1-4-10-23/h1,3-4,7-11,14-16,19-20,25H,2,5-6,12-13,17-18,21-22H2,(H,33,38)(H,34,37)(H,39,40). The summed E-state index contributed by atoms with van der Waals surface area (Å²) < 4.78 is 28.8. The third-order valence-corrected chi connectivity index (χ3v) is 9.18. The normalized spacial score (nSPS) is 13.6. The molecule has 43 heavy (non-hydrogen) atoms. The molecule has 3 amide bonds. The van der Waals surface area contributed by atoms with Crippen molar-refractivity contribution in [1.29, 1.82) is 0 Å². The fraction of sp³-hybridized carbons (Fsp3) is 0.323. The first-order valence-electron chi connectivity index (χ1n) is 14.1. The molecule has 1 fully saturated rings. The molecule has 0 aliphatic heterocycles. The summed E-state index contributed by atoms with van der Waals surface area (Å²) in [5.74, 6) is -1.05. The van der Waals surface area contributed by atoms with Gasteiger partial charge in [-0.25, -0.2) is 13.2 Å². The van der Waals surface area contributed by atoms with Crippen LogP contribution < -0.4 is 14.9 Å². The summed E-state index contributed by atoms with van der Waals surface area (Å²) in [4.78, 5) is 38.4. The molecule has 0 spiro atoms. The highest BCUT2D eigenvalue weighted by molar-refractivity contribution is 7.92. The third kappa shape index (κ3) is 9.20. The molecule has 4 rings (SSSR count). The van der Waals surface area contributed by atoms with Crippen LogP contribution in [0, 0.1) is 0 Å². The number of amides is 3. The van der Waals surface area contributed by atoms with E-state index in [0.717, 1.165) is 46.9 Å². The van der Waals surface area contributed by atoms with Crippen LogP contribution in [0.15, 0.2) is 83.8 Å². The lowest BCUT2D eigenvalue weighted by Crippen LogP contribution is -2.45. The van der Waals surface area contributed by atoms with Gasteiger partial charge in [0, 0.05) is 23.3 Å². The minimum Gasteiger partial charge on any atom is -0.465 e. The zero-order valence-electron chi connectivity index (χ0n) is 23.6. The molecule has 0 unspecified atom stereocenters. The van der Waals surface area contributed by atoms with Crippen molar-refractivity contribution in [3.63, 3.8) is 0 Å². The molecule has 12 heteroatoms. The van der Waals surface area contributed by atoms with E-state index in [0.29, 0.717) is 11.4 Å². The van der Waals surface area contributed by atoms with E-state index in [1.165, 1.54) is 30.3 Å². The van der Waals surface area contributed by atoms with Gasteiger partial charge in [-0.2, -0.15) is 0 Å². The van der Waals surface area contributed by atoms with Crippen LogP contribution in [-0.2, 0) is 26.0 Å². The molecular weight excluding hydrogens is 592 g/mol. The third-order valence-electron chi connectivity index (χ3n) is 7.18. The van der Waals surface area contributed by atoms with Gasteiger partial charge in [0.2, 0.25) is 11.8 Å². The number of nitrogens with one attached hydrogen (secondary N) is 2. The summed E-state index contributed by atoms with van der Waals surface area (Å²) in [6.45, 7) is -0.779. The molecule has 0 bridgehead atoms. The fourth-order valence-corrected chi connectivity index (χ4v) is 6.63. The lowest BCUT2D eigenvalue weighted by Gasteiger charge is -2.27. The molecule has 1 saturated carbocycles. The van der Waals surface area contributed by atoms with Crippen molar-refractivity contribution < 1.29 is 27.9 Å². The van der Waals surface area contributed by atoms with Gasteiger partial charge in [-0.1, -0.05) is 73.3 Å². The minimum absolute atomic E-state index is 0.00164. The average molecular weight is 627 g/mol. The van der Waals surface area contributed by atoms with Crippen LogP contribution in [-0.4, -0.2) is 62.0 Å². The number of sulfonamides is 1. The molecule has 3 N–H and O–H groups in total. The monoisotopic (exact) mass is 626 g/mol. The van der Waals surface area contributed by atoms with E-state index in [1.807, 2.05) is 30.3 Å². The Morgan fingerprint density at radius 3 is 2.28 bits per heavy atom. The zero-order chi connectivity index (χ0) is 30.8. The van der Waals surface area contributed by atoms with Crippen LogP contribution >= 0.6 is 11.6 Å². The van der Waals surface area contributed by atoms with Crippen LogP contribution in [0.4, 0.5) is 16.2 Å². The first-order chi connectivity index (χ1) is 20.6. The molecule has 3 aromatic carbocycles. The number of hydrogen-bond acceptors (Lipinski definition) is 5. The molecule has 0 radical (unpaired) electrons. The molecule has 3 aromatic rings. The summed E-state index contributed by atoms with van der Waals surface area (Å²) in [6, 6.07) is 21.2. The molecule has 0 atom stereocenters. The highest BCUT2D eigenvalue weighted by Gasteiger charge is 2.29. The first kappa shape index (κ1) is 31.8. The van der Waals surface area contributed by atoms with Crippen LogP contribution in [0.25, 0.3) is 0 Å². The number of anilines is 2. The van der Waals surface area contributed by atoms with E-state index in [2.05, 4.69) is 10.6 Å². The Morgan fingerprint density at radius 1 is 0.860 bits per heavy atom. The van der Waals surface area contributed by atoms with Gasteiger partial charge in [-0.15, -0.1) is 0 Å². The number of halogens is 1. The van der Waals surface area contributed by atoms with E-state index in [9.17, 15) is 27.9 Å². The largest absolute Gasteiger partial charge is 0.465 e. The Kier molecular flexibility index (Phi) is 11.0. The first-order valence-corrected chi connectivity index (χ1v) is 15.9. The van der Waals surface area contributed by atoms with Gasteiger partial charge in [-0.3, -0.25) is 18.8 Å². The maximum absolute atomic E-state index is 13.9. The lowest BCUT2D eigenvalue weighted by molar-refractivity contribution is -0.120. The van der Waals surface area contributed by atoms with Gasteiger partial charge >= 0.3 is 6.09 Å². The van der Waals surface area contributed by atoms with Crippen molar-refractivity contribution in [1.82, 2.24) is 10.2 Å². The fourth-order valence-electron chi connectivity index (χ4n) is 4.98. The Hall–Kier alpha value is -4.09. The van der Waals surface area contributed by atoms with Gasteiger partial charge in [0.15, 0.2) is 0 Å². The Bertz CT molecular complexity index is 1530. The second kappa shape index (κ2) is 14.9. The van der Waals surface area contributed by atoms with Crippen molar-refractivity contribution in [2.45, 2.75) is 49.5 Å². The summed E-state index contributed by atoms with van der Waals surface area (Å²) in [5.41, 5.74) is 1.32. The number of carboxylic acid groups (broad SMARTS) is 1. The zero-order valence-corrected chi connectivity index (χ0v) is 25.2. The molecular formula is C31H35ClN4O6S. The van der Waals surface area contributed by atoms with Crippen LogP contribution in [0.1, 0.15) is 37.7 Å². The maximum atomic E-state index is 13.9. The number of nitrogens with zero attached hydrogens (tertiary/aromatic N) is 2. The van der Waals surface area contributed by atoms with E-state index in [-0.39, 0.29) is 28.9 Å². The molecule has 0 heterocycles. The number of benzene rings is 3. The summed E-state index contributed by atoms with van der Waals surface area (Å²) >= 11 is 6.17. The topological polar surface area (TPSA) is 136 Å². The van der Waals surface area contributed by atoms with Gasteiger partial charge in [-0.05, 0) is 61.2 Å². The number of carbonyl (C=O) groups is 3. The quantitative estimate of drug-likeness (QED) is 0.255. The Balaban J connectivity index is 1.49. The Morgan fingerprint density at radius 2 is 1.58 bits per heavy atom. The van der Waals surface area contributed by atoms with Crippen LogP contribution in [0.5, 0.6) is 0 Å². The maximum Gasteiger partial charge on any atom is 0.407 e. The predicted molar refractivity (Wildman–Crippen MR) is 166 cm³/mol. The minimum atomic E-state index is -4.28. The molecule has 228 valence electrons. The van der Waals surface area contributed by atoms with Crippen molar-refractivity contribution in [3.05, 3.63) is 89.4 Å². The second-order valence-electron chi connectivity index (χ2n) is 10.4. The number of carbonyl (C=O) groups excluding carboxylic acids is 2. The highest BCUT2D eigenvalue weighted by atomic mass is 35.5. The van der Waals surface area contributed by atoms with Crippen molar-refractivity contribution in [2.24, 2.45) is 0 Å². The van der Waals surface area contributed by atoms with Crippen molar-refractivity contribution in [3.8, 4) is 0 Å². The van der Waals surface area contributed by atoms with Gasteiger partial charge in [0.05, 0.1) is 10.6 Å². The average Bonchev–Trinajstić information content (AvgIpc) is 2.99. The van der Waals surface area contributed by atoms with Gasteiger partial charge in [0.25, 0.3) is 10.0 Å². The molecule has 1 aliphatic carbocycles. The van der Waals surface area contributed by atoms with E-state index in [4.69, 9.17) is 11.6 Å². The smallest absolute Gasteiger partial charge is 0.407 e. The SMILES string of the molecule is O=C(CN(CCc1ccccc1)C(=O)O)Nc1cccc(S(=O)(=O)N(CC(=O)NC2CCCCC2)c2cccc(Cl)c2)c1.